The summed E-state index contributed by atoms with van der Waals surface area (Å²) in [5.41, 5.74) is 0.850. The van der Waals surface area contributed by atoms with Crippen LogP contribution >= 0.6 is 11.3 Å². The van der Waals surface area contributed by atoms with E-state index in [1.807, 2.05) is 12.3 Å². The van der Waals surface area contributed by atoms with Gasteiger partial charge in [-0.15, -0.1) is 17.9 Å². The molecule has 0 unspecified atom stereocenters. The van der Waals surface area contributed by atoms with Gasteiger partial charge >= 0.3 is 0 Å². The zero-order valence-electron chi connectivity index (χ0n) is 12.8. The van der Waals surface area contributed by atoms with Gasteiger partial charge in [-0.3, -0.25) is 0 Å². The molecule has 4 nitrogen and oxygen atoms in total. The Labute approximate surface area is 131 Å². The van der Waals surface area contributed by atoms with Gasteiger partial charge in [0.1, 0.15) is 4.90 Å². The molecule has 0 bridgehead atoms. The molecule has 0 aliphatic heterocycles. The highest BCUT2D eigenvalue weighted by Gasteiger charge is 2.39. The molecule has 1 aromatic heterocycles. The fourth-order valence-corrected chi connectivity index (χ4v) is 5.78. The van der Waals surface area contributed by atoms with Crippen molar-refractivity contribution in [3.63, 3.8) is 0 Å². The highest BCUT2D eigenvalue weighted by Crippen LogP contribution is 2.36. The lowest BCUT2D eigenvalue weighted by Gasteiger charge is -2.21. The Kier molecular flexibility index (Phi) is 5.60. The number of rotatable bonds is 9. The Hall–Kier alpha value is -0.690. The van der Waals surface area contributed by atoms with E-state index < -0.39 is 10.0 Å². The smallest absolute Gasteiger partial charge is 0.245 e. The number of sulfonamides is 1. The predicted octanol–water partition coefficient (Wildman–Crippen LogP) is 2.90. The number of hydrogen-bond acceptors (Lipinski definition) is 4. The maximum Gasteiger partial charge on any atom is 0.245 e. The van der Waals surface area contributed by atoms with Gasteiger partial charge in [0.25, 0.3) is 0 Å². The van der Waals surface area contributed by atoms with Crippen LogP contribution in [0.2, 0.25) is 0 Å². The van der Waals surface area contributed by atoms with Gasteiger partial charge in [0.2, 0.25) is 10.0 Å². The van der Waals surface area contributed by atoms with Crippen molar-refractivity contribution in [2.45, 2.75) is 50.6 Å². The second-order valence-corrected chi connectivity index (χ2v) is 8.23. The van der Waals surface area contributed by atoms with E-state index in [1.54, 1.807) is 10.4 Å². The maximum atomic E-state index is 13.0. The third kappa shape index (κ3) is 3.74. The molecule has 1 N–H and O–H groups in total. The fraction of sp³-hybridized carbons (Fsp3) is 0.600. The van der Waals surface area contributed by atoms with Crippen molar-refractivity contribution in [1.29, 1.82) is 0 Å². The molecule has 0 saturated heterocycles. The first-order valence-electron chi connectivity index (χ1n) is 7.42. The summed E-state index contributed by atoms with van der Waals surface area (Å²) < 4.78 is 27.6. The molecule has 118 valence electrons. The third-order valence-electron chi connectivity index (χ3n) is 3.53. The summed E-state index contributed by atoms with van der Waals surface area (Å²) >= 11 is 1.53. The molecule has 1 aliphatic carbocycles. The van der Waals surface area contributed by atoms with Crippen LogP contribution in [0.1, 0.15) is 36.6 Å². The fourth-order valence-electron chi connectivity index (χ4n) is 2.38. The molecular formula is C15H24N2O2S2. The minimum Gasteiger partial charge on any atom is -0.312 e. The molecule has 0 spiro atoms. The van der Waals surface area contributed by atoms with Gasteiger partial charge in [-0.1, -0.05) is 13.0 Å². The van der Waals surface area contributed by atoms with Gasteiger partial charge in [-0.2, -0.15) is 4.31 Å². The molecule has 1 fully saturated rings. The van der Waals surface area contributed by atoms with Crippen molar-refractivity contribution >= 4 is 21.4 Å². The van der Waals surface area contributed by atoms with E-state index in [1.165, 1.54) is 11.3 Å². The van der Waals surface area contributed by atoms with Crippen molar-refractivity contribution in [2.24, 2.45) is 0 Å². The van der Waals surface area contributed by atoms with E-state index >= 15 is 0 Å². The Balaban J connectivity index is 2.29. The average Bonchev–Trinajstić information content (AvgIpc) is 3.19. The molecule has 0 atom stereocenters. The highest BCUT2D eigenvalue weighted by atomic mass is 32.2. The number of nitrogens with one attached hydrogen (secondary N) is 1. The van der Waals surface area contributed by atoms with Crippen LogP contribution in [-0.2, 0) is 16.6 Å². The van der Waals surface area contributed by atoms with Gasteiger partial charge in [0, 0.05) is 24.0 Å². The van der Waals surface area contributed by atoms with E-state index in [9.17, 15) is 8.42 Å². The number of nitrogens with zero attached hydrogens (tertiary/aromatic N) is 1. The molecule has 2 rings (SSSR count). The van der Waals surface area contributed by atoms with E-state index in [4.69, 9.17) is 0 Å². The summed E-state index contributed by atoms with van der Waals surface area (Å²) in [6, 6.07) is 0.156. The van der Waals surface area contributed by atoms with E-state index in [0.717, 1.165) is 36.2 Å². The third-order valence-corrected chi connectivity index (χ3v) is 6.91. The summed E-state index contributed by atoms with van der Waals surface area (Å²) in [6.45, 7) is 9.59. The molecule has 0 radical (unpaired) electrons. The van der Waals surface area contributed by atoms with Crippen LogP contribution < -0.4 is 5.32 Å². The average molecular weight is 329 g/mol. The molecule has 21 heavy (non-hydrogen) atoms. The highest BCUT2D eigenvalue weighted by molar-refractivity contribution is 7.89. The van der Waals surface area contributed by atoms with Gasteiger partial charge in [0.15, 0.2) is 0 Å². The van der Waals surface area contributed by atoms with Crippen LogP contribution in [-0.4, -0.2) is 31.9 Å². The number of hydrogen-bond donors (Lipinski definition) is 1. The summed E-state index contributed by atoms with van der Waals surface area (Å²) in [4.78, 5) is 1.42. The van der Waals surface area contributed by atoms with Gasteiger partial charge in [-0.05, 0) is 43.7 Å². The zero-order valence-corrected chi connectivity index (χ0v) is 14.4. The van der Waals surface area contributed by atoms with Crippen molar-refractivity contribution < 1.29 is 8.42 Å². The monoisotopic (exact) mass is 328 g/mol. The molecule has 1 saturated carbocycles. The van der Waals surface area contributed by atoms with Gasteiger partial charge in [-0.25, -0.2) is 8.42 Å². The van der Waals surface area contributed by atoms with Crippen molar-refractivity contribution in [3.8, 4) is 0 Å². The first-order valence-corrected chi connectivity index (χ1v) is 9.74. The normalized spacial score (nSPS) is 15.6. The van der Waals surface area contributed by atoms with Gasteiger partial charge in [0.05, 0.1) is 0 Å². The largest absolute Gasteiger partial charge is 0.312 e. The Morgan fingerprint density at radius 1 is 1.52 bits per heavy atom. The first-order chi connectivity index (χ1) is 10.0. The lowest BCUT2D eigenvalue weighted by Crippen LogP contribution is -2.34. The van der Waals surface area contributed by atoms with Crippen LogP contribution in [0.15, 0.2) is 22.9 Å². The van der Waals surface area contributed by atoms with E-state index in [2.05, 4.69) is 18.8 Å². The van der Waals surface area contributed by atoms with Crippen molar-refractivity contribution in [2.75, 3.05) is 13.1 Å². The Morgan fingerprint density at radius 3 is 2.81 bits per heavy atom. The molecule has 0 aromatic carbocycles. The lowest BCUT2D eigenvalue weighted by molar-refractivity contribution is 0.435. The van der Waals surface area contributed by atoms with Crippen LogP contribution in [0.5, 0.6) is 0 Å². The molecule has 6 heteroatoms. The maximum absolute atomic E-state index is 13.0. The van der Waals surface area contributed by atoms with E-state index in [0.29, 0.717) is 18.0 Å². The Bertz CT molecular complexity index is 589. The standard InChI is InChI=1S/C15H24N2O2S2/c1-4-8-16-10-14-15(12(3)11-20-14)21(18,19)17(9-5-2)13-6-7-13/h5,11,13,16H,2,4,6-10H2,1,3H3. The van der Waals surface area contributed by atoms with Crippen LogP contribution in [0.4, 0.5) is 0 Å². The molecule has 1 heterocycles. The van der Waals surface area contributed by atoms with Crippen LogP contribution in [0.3, 0.4) is 0 Å². The number of thiophene rings is 1. The molecular weight excluding hydrogens is 304 g/mol. The first kappa shape index (κ1) is 16.7. The van der Waals surface area contributed by atoms with Crippen molar-refractivity contribution in [3.05, 3.63) is 28.5 Å². The second-order valence-electron chi connectivity index (χ2n) is 5.44. The quantitative estimate of drug-likeness (QED) is 0.560. The summed E-state index contributed by atoms with van der Waals surface area (Å²) in [5, 5.41) is 5.24. The topological polar surface area (TPSA) is 49.4 Å². The number of aryl methyl sites for hydroxylation is 1. The van der Waals surface area contributed by atoms with E-state index in [-0.39, 0.29) is 6.04 Å². The lowest BCUT2D eigenvalue weighted by atomic mass is 10.3. The minimum atomic E-state index is -3.42. The molecule has 1 aromatic rings. The summed E-state index contributed by atoms with van der Waals surface area (Å²) in [6.07, 6.45) is 4.63. The van der Waals surface area contributed by atoms with Crippen molar-refractivity contribution in [1.82, 2.24) is 9.62 Å². The molecule has 1 aliphatic rings. The Morgan fingerprint density at radius 2 is 2.24 bits per heavy atom. The summed E-state index contributed by atoms with van der Waals surface area (Å²) in [5.74, 6) is 0. The SMILES string of the molecule is C=CCN(C1CC1)S(=O)(=O)c1c(C)csc1CNCCC. The van der Waals surface area contributed by atoms with Gasteiger partial charge < -0.3 is 5.32 Å². The predicted molar refractivity (Wildman–Crippen MR) is 88.2 cm³/mol. The second kappa shape index (κ2) is 7.05. The zero-order chi connectivity index (χ0) is 15.5. The summed E-state index contributed by atoms with van der Waals surface area (Å²) in [7, 11) is -3.42. The minimum absolute atomic E-state index is 0.156. The molecule has 0 amide bonds. The van der Waals surface area contributed by atoms with Crippen LogP contribution in [0, 0.1) is 6.92 Å². The van der Waals surface area contributed by atoms with Crippen LogP contribution in [0.25, 0.3) is 0 Å².